The molecule has 80 valence electrons. The fraction of sp³-hybridized carbons (Fsp3) is 0.600. The number of rotatable bonds is 6. The average molecular weight is 200 g/mol. The van der Waals surface area contributed by atoms with Gasteiger partial charge in [0.25, 0.3) is 0 Å². The molecule has 0 fully saturated rings. The summed E-state index contributed by atoms with van der Waals surface area (Å²) in [4.78, 5) is 22.4. The molecule has 0 unspecified atom stereocenters. The lowest BCUT2D eigenvalue weighted by Crippen LogP contribution is -2.39. The molecule has 4 nitrogen and oxygen atoms in total. The van der Waals surface area contributed by atoms with Crippen LogP contribution in [0.1, 0.15) is 26.7 Å². The Balaban J connectivity index is 4.71. The molecule has 0 aromatic heterocycles. The van der Waals surface area contributed by atoms with Crippen molar-refractivity contribution in [3.05, 3.63) is 12.7 Å². The minimum absolute atomic E-state index is 0.0495. The molecule has 1 N–H and O–H groups in total. The number of hydrogen-bond acceptors (Lipinski definition) is 3. The smallest absolute Gasteiger partial charge is 0.323 e. The Hall–Kier alpha value is -1.32. The fourth-order valence-electron chi connectivity index (χ4n) is 1.20. The van der Waals surface area contributed by atoms with Gasteiger partial charge in [-0.1, -0.05) is 26.5 Å². The summed E-state index contributed by atoms with van der Waals surface area (Å²) in [5.41, 5.74) is -1.40. The number of carboxylic acid groups (broad SMARTS) is 1. The van der Waals surface area contributed by atoms with Crippen molar-refractivity contribution in [3.8, 4) is 0 Å². The van der Waals surface area contributed by atoms with Crippen molar-refractivity contribution in [2.24, 2.45) is 5.41 Å². The molecular weight excluding hydrogens is 184 g/mol. The number of hydrogen-bond donors (Lipinski definition) is 1. The van der Waals surface area contributed by atoms with Crippen molar-refractivity contribution in [3.63, 3.8) is 0 Å². The van der Waals surface area contributed by atoms with Crippen molar-refractivity contribution < 1.29 is 19.4 Å². The molecule has 0 radical (unpaired) electrons. The van der Waals surface area contributed by atoms with Gasteiger partial charge in [0.15, 0.2) is 5.41 Å². The molecule has 0 heterocycles. The van der Waals surface area contributed by atoms with Gasteiger partial charge in [-0.2, -0.15) is 0 Å². The summed E-state index contributed by atoms with van der Waals surface area (Å²) in [6, 6.07) is 0. The maximum absolute atomic E-state index is 11.5. The summed E-state index contributed by atoms with van der Waals surface area (Å²) in [7, 11) is 0. The highest BCUT2D eigenvalue weighted by molar-refractivity contribution is 5.99. The van der Waals surface area contributed by atoms with Crippen LogP contribution in [0, 0.1) is 5.41 Å². The molecule has 0 atom stereocenters. The lowest BCUT2D eigenvalue weighted by atomic mass is 9.82. The Morgan fingerprint density at radius 2 is 1.93 bits per heavy atom. The van der Waals surface area contributed by atoms with Crippen LogP contribution in [0.2, 0.25) is 0 Å². The van der Waals surface area contributed by atoms with Crippen LogP contribution in [-0.2, 0) is 14.3 Å². The first-order valence-corrected chi connectivity index (χ1v) is 4.56. The van der Waals surface area contributed by atoms with Gasteiger partial charge >= 0.3 is 11.9 Å². The van der Waals surface area contributed by atoms with Crippen LogP contribution in [0.4, 0.5) is 0 Å². The summed E-state index contributed by atoms with van der Waals surface area (Å²) >= 11 is 0. The van der Waals surface area contributed by atoms with Gasteiger partial charge < -0.3 is 9.84 Å². The molecule has 0 saturated carbocycles. The van der Waals surface area contributed by atoms with E-state index in [1.807, 2.05) is 0 Å². The van der Waals surface area contributed by atoms with Gasteiger partial charge in [0.1, 0.15) is 6.61 Å². The van der Waals surface area contributed by atoms with Crippen molar-refractivity contribution in [2.75, 3.05) is 6.61 Å². The molecule has 4 heteroatoms. The molecule has 0 aromatic rings. The minimum Gasteiger partial charge on any atom is -0.480 e. The SMILES string of the molecule is C=CCOC(=O)C(CC)(CC)C(=O)O. The van der Waals surface area contributed by atoms with Gasteiger partial charge in [-0.3, -0.25) is 9.59 Å². The third-order valence-electron chi connectivity index (χ3n) is 2.34. The highest BCUT2D eigenvalue weighted by Crippen LogP contribution is 2.28. The zero-order valence-corrected chi connectivity index (χ0v) is 8.58. The van der Waals surface area contributed by atoms with Crippen molar-refractivity contribution in [1.82, 2.24) is 0 Å². The first-order chi connectivity index (χ1) is 6.55. The normalized spacial score (nSPS) is 10.7. The maximum Gasteiger partial charge on any atom is 0.323 e. The Kier molecular flexibility index (Phi) is 4.91. The van der Waals surface area contributed by atoms with Crippen LogP contribution in [0.5, 0.6) is 0 Å². The van der Waals surface area contributed by atoms with E-state index in [1.54, 1.807) is 13.8 Å². The minimum atomic E-state index is -1.40. The first-order valence-electron chi connectivity index (χ1n) is 4.56. The second-order valence-corrected chi connectivity index (χ2v) is 2.98. The standard InChI is InChI=1S/C10H16O4/c1-4-7-14-9(13)10(5-2,6-3)8(11)12/h4H,1,5-7H2,2-3H3,(H,11,12). The van der Waals surface area contributed by atoms with Crippen LogP contribution in [0.25, 0.3) is 0 Å². The van der Waals surface area contributed by atoms with E-state index in [1.165, 1.54) is 6.08 Å². The van der Waals surface area contributed by atoms with Crippen molar-refractivity contribution in [1.29, 1.82) is 0 Å². The summed E-state index contributed by atoms with van der Waals surface area (Å²) in [6.07, 6.45) is 1.87. The predicted octanol–water partition coefficient (Wildman–Crippen LogP) is 1.61. The van der Waals surface area contributed by atoms with Crippen LogP contribution < -0.4 is 0 Å². The molecule has 0 aliphatic heterocycles. The lowest BCUT2D eigenvalue weighted by Gasteiger charge is -2.23. The van der Waals surface area contributed by atoms with Crippen LogP contribution in [0.3, 0.4) is 0 Å². The van der Waals surface area contributed by atoms with E-state index < -0.39 is 17.4 Å². The molecule has 0 bridgehead atoms. The molecule has 0 rings (SSSR count). The molecule has 0 spiro atoms. The summed E-state index contributed by atoms with van der Waals surface area (Å²) in [6.45, 7) is 6.76. The van der Waals surface area contributed by atoms with E-state index in [2.05, 4.69) is 6.58 Å². The van der Waals surface area contributed by atoms with Gasteiger partial charge in [-0.25, -0.2) is 0 Å². The van der Waals surface area contributed by atoms with Crippen LogP contribution in [0.15, 0.2) is 12.7 Å². The first kappa shape index (κ1) is 12.7. The Morgan fingerprint density at radius 3 is 2.21 bits per heavy atom. The molecule has 0 saturated heterocycles. The third kappa shape index (κ3) is 2.34. The Labute approximate surface area is 83.6 Å². The zero-order chi connectivity index (χ0) is 11.2. The lowest BCUT2D eigenvalue weighted by molar-refractivity contribution is -0.168. The maximum atomic E-state index is 11.5. The van der Waals surface area contributed by atoms with Crippen LogP contribution >= 0.6 is 0 Å². The molecule has 0 aromatic carbocycles. The fourth-order valence-corrected chi connectivity index (χ4v) is 1.20. The van der Waals surface area contributed by atoms with E-state index in [9.17, 15) is 9.59 Å². The Bertz CT molecular complexity index is 228. The predicted molar refractivity (Wildman–Crippen MR) is 51.8 cm³/mol. The molecule has 0 aliphatic carbocycles. The largest absolute Gasteiger partial charge is 0.480 e. The molecule has 0 amide bonds. The highest BCUT2D eigenvalue weighted by atomic mass is 16.5. The van der Waals surface area contributed by atoms with Gasteiger partial charge in [0.05, 0.1) is 0 Å². The van der Waals surface area contributed by atoms with E-state index in [0.717, 1.165) is 0 Å². The van der Waals surface area contributed by atoms with Gasteiger partial charge in [-0.05, 0) is 12.8 Å². The summed E-state index contributed by atoms with van der Waals surface area (Å²) in [5, 5.41) is 8.97. The summed E-state index contributed by atoms with van der Waals surface area (Å²) < 4.78 is 4.76. The number of ether oxygens (including phenoxy) is 1. The quantitative estimate of drug-likeness (QED) is 0.402. The number of aliphatic carboxylic acids is 1. The average Bonchev–Trinajstić information content (AvgIpc) is 2.17. The third-order valence-corrected chi connectivity index (χ3v) is 2.34. The van der Waals surface area contributed by atoms with Crippen LogP contribution in [-0.4, -0.2) is 23.7 Å². The van der Waals surface area contributed by atoms with Crippen molar-refractivity contribution in [2.45, 2.75) is 26.7 Å². The number of carbonyl (C=O) groups is 2. The Morgan fingerprint density at radius 1 is 1.43 bits per heavy atom. The van der Waals surface area contributed by atoms with E-state index >= 15 is 0 Å². The number of carboxylic acids is 1. The second kappa shape index (κ2) is 5.42. The van der Waals surface area contributed by atoms with E-state index in [4.69, 9.17) is 9.84 Å². The molecular formula is C10H16O4. The zero-order valence-electron chi connectivity index (χ0n) is 8.58. The van der Waals surface area contributed by atoms with Gasteiger partial charge in [-0.15, -0.1) is 0 Å². The number of esters is 1. The van der Waals surface area contributed by atoms with E-state index in [0.29, 0.717) is 0 Å². The highest BCUT2D eigenvalue weighted by Gasteiger charge is 2.44. The van der Waals surface area contributed by atoms with Gasteiger partial charge in [0, 0.05) is 0 Å². The molecule has 0 aliphatic rings. The summed E-state index contributed by atoms with van der Waals surface area (Å²) in [5.74, 6) is -1.81. The van der Waals surface area contributed by atoms with E-state index in [-0.39, 0.29) is 19.4 Å². The second-order valence-electron chi connectivity index (χ2n) is 2.98. The monoisotopic (exact) mass is 200 g/mol. The van der Waals surface area contributed by atoms with Gasteiger partial charge in [0.2, 0.25) is 0 Å². The topological polar surface area (TPSA) is 63.6 Å². The van der Waals surface area contributed by atoms with Crippen molar-refractivity contribution >= 4 is 11.9 Å². The number of carbonyl (C=O) groups excluding carboxylic acids is 1. The molecule has 14 heavy (non-hydrogen) atoms.